The third-order valence-corrected chi connectivity index (χ3v) is 2.77. The Hall–Kier alpha value is -1.06. The van der Waals surface area contributed by atoms with Gasteiger partial charge < -0.3 is 15.2 Å². The molecule has 0 spiro atoms. The summed E-state index contributed by atoms with van der Waals surface area (Å²) < 4.78 is 10.7. The number of aryl methyl sites for hydroxylation is 1. The van der Waals surface area contributed by atoms with Gasteiger partial charge in [0.25, 0.3) is 0 Å². The molecule has 0 saturated carbocycles. The van der Waals surface area contributed by atoms with Gasteiger partial charge in [0.05, 0.1) is 19.3 Å². The van der Waals surface area contributed by atoms with Crippen LogP contribution in [-0.4, -0.2) is 19.8 Å². The van der Waals surface area contributed by atoms with Crippen molar-refractivity contribution in [2.45, 2.75) is 32.9 Å². The van der Waals surface area contributed by atoms with Crippen molar-refractivity contribution in [2.75, 3.05) is 13.7 Å². The van der Waals surface area contributed by atoms with Crippen LogP contribution in [0.25, 0.3) is 0 Å². The van der Waals surface area contributed by atoms with Crippen LogP contribution in [0.5, 0.6) is 5.75 Å². The van der Waals surface area contributed by atoms with E-state index in [1.807, 2.05) is 39.0 Å². The topological polar surface area (TPSA) is 44.5 Å². The molecule has 3 heteroatoms. The van der Waals surface area contributed by atoms with Crippen molar-refractivity contribution in [3.63, 3.8) is 0 Å². The summed E-state index contributed by atoms with van der Waals surface area (Å²) in [5.74, 6) is 0.859. The molecule has 0 aromatic heterocycles. The lowest BCUT2D eigenvalue weighted by Gasteiger charge is -2.22. The molecule has 1 aromatic rings. The highest BCUT2D eigenvalue weighted by atomic mass is 16.5. The summed E-state index contributed by atoms with van der Waals surface area (Å²) in [6, 6.07) is 5.84. The van der Waals surface area contributed by atoms with E-state index in [1.165, 1.54) is 0 Å². The lowest BCUT2D eigenvalue weighted by molar-refractivity contribution is 0.0573. The van der Waals surface area contributed by atoms with E-state index in [0.29, 0.717) is 6.61 Å². The van der Waals surface area contributed by atoms with Gasteiger partial charge in [-0.3, -0.25) is 0 Å². The van der Waals surface area contributed by atoms with Crippen LogP contribution in [0.4, 0.5) is 0 Å². The number of hydrogen-bond donors (Lipinski definition) is 1. The second-order valence-corrected chi connectivity index (χ2v) is 3.91. The van der Waals surface area contributed by atoms with Crippen LogP contribution in [0, 0.1) is 6.92 Å². The lowest BCUT2D eigenvalue weighted by atomic mass is 9.98. The molecular weight excluding hydrogens is 202 g/mol. The molecule has 0 fully saturated rings. The van der Waals surface area contributed by atoms with E-state index in [1.54, 1.807) is 7.11 Å². The minimum Gasteiger partial charge on any atom is -0.497 e. The SMILES string of the molecule is CCOC(C)C(N)c1ccc(OC)cc1C. The molecule has 2 unspecified atom stereocenters. The van der Waals surface area contributed by atoms with E-state index in [2.05, 4.69) is 0 Å². The summed E-state index contributed by atoms with van der Waals surface area (Å²) in [5, 5.41) is 0. The van der Waals surface area contributed by atoms with E-state index >= 15 is 0 Å². The van der Waals surface area contributed by atoms with Crippen LogP contribution in [-0.2, 0) is 4.74 Å². The van der Waals surface area contributed by atoms with E-state index < -0.39 is 0 Å². The molecule has 2 N–H and O–H groups in total. The molecule has 90 valence electrons. The summed E-state index contributed by atoms with van der Waals surface area (Å²) >= 11 is 0. The van der Waals surface area contributed by atoms with Crippen LogP contribution in [0.15, 0.2) is 18.2 Å². The van der Waals surface area contributed by atoms with Crippen LogP contribution in [0.3, 0.4) is 0 Å². The van der Waals surface area contributed by atoms with Gasteiger partial charge in [0.15, 0.2) is 0 Å². The van der Waals surface area contributed by atoms with Crippen LogP contribution < -0.4 is 10.5 Å². The summed E-state index contributed by atoms with van der Waals surface area (Å²) in [6.45, 7) is 6.70. The molecule has 0 radical (unpaired) electrons. The number of ether oxygens (including phenoxy) is 2. The Labute approximate surface area is 97.6 Å². The first-order chi connectivity index (χ1) is 7.60. The molecule has 1 aromatic carbocycles. The molecule has 0 saturated heterocycles. The molecule has 0 aliphatic carbocycles. The van der Waals surface area contributed by atoms with Gasteiger partial charge in [-0.2, -0.15) is 0 Å². The number of nitrogens with two attached hydrogens (primary N) is 1. The van der Waals surface area contributed by atoms with Gasteiger partial charge in [-0.05, 0) is 44.0 Å². The molecule has 0 amide bonds. The van der Waals surface area contributed by atoms with Gasteiger partial charge in [0.1, 0.15) is 5.75 Å². The molecule has 16 heavy (non-hydrogen) atoms. The quantitative estimate of drug-likeness (QED) is 0.833. The Morgan fingerprint density at radius 3 is 2.56 bits per heavy atom. The highest BCUT2D eigenvalue weighted by Gasteiger charge is 2.16. The maximum Gasteiger partial charge on any atom is 0.119 e. The van der Waals surface area contributed by atoms with Crippen molar-refractivity contribution in [2.24, 2.45) is 5.73 Å². The lowest BCUT2D eigenvalue weighted by Crippen LogP contribution is -2.27. The summed E-state index contributed by atoms with van der Waals surface area (Å²) in [7, 11) is 1.66. The predicted octanol–water partition coefficient (Wildman–Crippen LogP) is 2.43. The van der Waals surface area contributed by atoms with Crippen molar-refractivity contribution in [1.82, 2.24) is 0 Å². The first-order valence-electron chi connectivity index (χ1n) is 5.61. The van der Waals surface area contributed by atoms with Crippen LogP contribution >= 0.6 is 0 Å². The maximum atomic E-state index is 6.15. The highest BCUT2D eigenvalue weighted by Crippen LogP contribution is 2.24. The standard InChI is InChI=1S/C13H21NO2/c1-5-16-10(3)13(14)12-7-6-11(15-4)8-9(12)2/h6-8,10,13H,5,14H2,1-4H3. The Morgan fingerprint density at radius 1 is 1.38 bits per heavy atom. The zero-order chi connectivity index (χ0) is 12.1. The van der Waals surface area contributed by atoms with E-state index in [0.717, 1.165) is 16.9 Å². The van der Waals surface area contributed by atoms with Gasteiger partial charge in [-0.15, -0.1) is 0 Å². The van der Waals surface area contributed by atoms with Crippen molar-refractivity contribution < 1.29 is 9.47 Å². The van der Waals surface area contributed by atoms with Gasteiger partial charge in [-0.25, -0.2) is 0 Å². The first-order valence-corrected chi connectivity index (χ1v) is 5.61. The average molecular weight is 223 g/mol. The van der Waals surface area contributed by atoms with E-state index in [9.17, 15) is 0 Å². The molecule has 0 heterocycles. The van der Waals surface area contributed by atoms with Gasteiger partial charge in [-0.1, -0.05) is 6.07 Å². The molecule has 3 nitrogen and oxygen atoms in total. The number of methoxy groups -OCH3 is 1. The zero-order valence-electron chi connectivity index (χ0n) is 10.5. The van der Waals surface area contributed by atoms with Crippen molar-refractivity contribution in [1.29, 1.82) is 0 Å². The summed E-state index contributed by atoms with van der Waals surface area (Å²) in [5.41, 5.74) is 8.40. The van der Waals surface area contributed by atoms with Crippen molar-refractivity contribution in [3.05, 3.63) is 29.3 Å². The minimum absolute atomic E-state index is 0.0251. The van der Waals surface area contributed by atoms with E-state index in [4.69, 9.17) is 15.2 Å². The zero-order valence-corrected chi connectivity index (χ0v) is 10.5. The van der Waals surface area contributed by atoms with Crippen LogP contribution in [0.1, 0.15) is 31.0 Å². The highest BCUT2D eigenvalue weighted by molar-refractivity contribution is 5.36. The summed E-state index contributed by atoms with van der Waals surface area (Å²) in [4.78, 5) is 0. The largest absolute Gasteiger partial charge is 0.497 e. The Morgan fingerprint density at radius 2 is 2.06 bits per heavy atom. The number of benzene rings is 1. The Kier molecular flexibility index (Phi) is 4.77. The average Bonchev–Trinajstić information content (AvgIpc) is 2.28. The second kappa shape index (κ2) is 5.87. The van der Waals surface area contributed by atoms with Crippen LogP contribution in [0.2, 0.25) is 0 Å². The molecule has 0 aliphatic rings. The van der Waals surface area contributed by atoms with Crippen molar-refractivity contribution >= 4 is 0 Å². The molecular formula is C13H21NO2. The number of hydrogen-bond acceptors (Lipinski definition) is 3. The molecule has 0 bridgehead atoms. The molecule has 2 atom stereocenters. The van der Waals surface area contributed by atoms with Crippen molar-refractivity contribution in [3.8, 4) is 5.75 Å². The smallest absolute Gasteiger partial charge is 0.119 e. The maximum absolute atomic E-state index is 6.15. The second-order valence-electron chi connectivity index (χ2n) is 3.91. The third-order valence-electron chi connectivity index (χ3n) is 2.77. The fraction of sp³-hybridized carbons (Fsp3) is 0.538. The third kappa shape index (κ3) is 2.97. The van der Waals surface area contributed by atoms with Gasteiger partial charge >= 0.3 is 0 Å². The Bertz CT molecular complexity index is 339. The van der Waals surface area contributed by atoms with Gasteiger partial charge in [0.2, 0.25) is 0 Å². The van der Waals surface area contributed by atoms with E-state index in [-0.39, 0.29) is 12.1 Å². The predicted molar refractivity (Wildman–Crippen MR) is 65.7 cm³/mol. The Balaban J connectivity index is 2.87. The first kappa shape index (κ1) is 13.0. The van der Waals surface area contributed by atoms with Gasteiger partial charge in [0, 0.05) is 6.61 Å². The monoisotopic (exact) mass is 223 g/mol. The fourth-order valence-corrected chi connectivity index (χ4v) is 1.77. The fourth-order valence-electron chi connectivity index (χ4n) is 1.77. The molecule has 0 aliphatic heterocycles. The number of rotatable bonds is 5. The molecule has 1 rings (SSSR count). The normalized spacial score (nSPS) is 14.6. The summed E-state index contributed by atoms with van der Waals surface area (Å²) in [6.07, 6.45) is 0.0251. The minimum atomic E-state index is -0.0918.